The Labute approximate surface area is 187 Å². The predicted molar refractivity (Wildman–Crippen MR) is 127 cm³/mol. The average molecular weight is 465 g/mol. The predicted octanol–water partition coefficient (Wildman–Crippen LogP) is 4.93. The molecule has 0 amide bonds. The molecule has 1 saturated heterocycles. The van der Waals surface area contributed by atoms with Crippen molar-refractivity contribution in [2.24, 2.45) is 0 Å². The standard InChI is InChI=1S/C22H48O6Si2/c1-13-24-20(25-14-2)19(28-30(11,12)22(6,7)8)18(17-16(15-23)26-17)27-29(9,10)21(3,4)5/h16-20,23H,13-15H2,1-12H3/t16-,17+,18-,19+/m0/s1. The van der Waals surface area contributed by atoms with E-state index in [1.165, 1.54) is 0 Å². The molecule has 0 bridgehead atoms. The molecule has 0 aromatic carbocycles. The van der Waals surface area contributed by atoms with Crippen LogP contribution in [-0.2, 0) is 23.1 Å². The van der Waals surface area contributed by atoms with Crippen molar-refractivity contribution < 1.29 is 28.2 Å². The van der Waals surface area contributed by atoms with Gasteiger partial charge in [0.1, 0.15) is 24.4 Å². The number of epoxide rings is 1. The molecule has 4 atom stereocenters. The van der Waals surface area contributed by atoms with Gasteiger partial charge in [0.15, 0.2) is 22.9 Å². The third kappa shape index (κ3) is 7.10. The van der Waals surface area contributed by atoms with E-state index in [0.29, 0.717) is 13.2 Å². The van der Waals surface area contributed by atoms with E-state index in [9.17, 15) is 5.11 Å². The first-order valence-corrected chi connectivity index (χ1v) is 17.2. The van der Waals surface area contributed by atoms with E-state index in [1.807, 2.05) is 13.8 Å². The Morgan fingerprint density at radius 2 is 1.27 bits per heavy atom. The number of hydrogen-bond donors (Lipinski definition) is 1. The van der Waals surface area contributed by atoms with Gasteiger partial charge in [-0.05, 0) is 50.1 Å². The summed E-state index contributed by atoms with van der Waals surface area (Å²) in [5.41, 5.74) is 0. The van der Waals surface area contributed by atoms with Gasteiger partial charge in [0.25, 0.3) is 0 Å². The van der Waals surface area contributed by atoms with Crippen molar-refractivity contribution in [1.82, 2.24) is 0 Å². The van der Waals surface area contributed by atoms with E-state index in [1.54, 1.807) is 0 Å². The first-order valence-electron chi connectivity index (χ1n) is 11.4. The number of rotatable bonds is 12. The van der Waals surface area contributed by atoms with Gasteiger partial charge in [-0.1, -0.05) is 41.5 Å². The van der Waals surface area contributed by atoms with Gasteiger partial charge in [-0.2, -0.15) is 0 Å². The number of aliphatic hydroxyl groups excluding tert-OH is 1. The van der Waals surface area contributed by atoms with Crippen LogP contribution in [0.25, 0.3) is 0 Å². The van der Waals surface area contributed by atoms with Gasteiger partial charge in [0.2, 0.25) is 0 Å². The van der Waals surface area contributed by atoms with Crippen LogP contribution in [-0.4, -0.2) is 72.3 Å². The van der Waals surface area contributed by atoms with Crippen LogP contribution in [0.5, 0.6) is 0 Å². The lowest BCUT2D eigenvalue weighted by atomic mass is 10.1. The van der Waals surface area contributed by atoms with Gasteiger partial charge >= 0.3 is 0 Å². The van der Waals surface area contributed by atoms with Crippen molar-refractivity contribution in [3.63, 3.8) is 0 Å². The molecular weight excluding hydrogens is 416 g/mol. The molecule has 0 saturated carbocycles. The highest BCUT2D eigenvalue weighted by Crippen LogP contribution is 2.44. The third-order valence-electron chi connectivity index (χ3n) is 6.85. The monoisotopic (exact) mass is 464 g/mol. The van der Waals surface area contributed by atoms with E-state index in [-0.39, 0.29) is 35.0 Å². The highest BCUT2D eigenvalue weighted by Gasteiger charge is 2.55. The average Bonchev–Trinajstić information content (AvgIpc) is 3.35. The summed E-state index contributed by atoms with van der Waals surface area (Å²) in [6.45, 7) is 27.2. The first kappa shape index (κ1) is 28.2. The van der Waals surface area contributed by atoms with Crippen molar-refractivity contribution >= 4 is 16.6 Å². The third-order valence-corrected chi connectivity index (χ3v) is 15.8. The second kappa shape index (κ2) is 10.4. The number of hydrogen-bond acceptors (Lipinski definition) is 6. The summed E-state index contributed by atoms with van der Waals surface area (Å²) in [6, 6.07) is 0. The van der Waals surface area contributed by atoms with E-state index >= 15 is 0 Å². The van der Waals surface area contributed by atoms with Crippen LogP contribution < -0.4 is 0 Å². The molecule has 1 N–H and O–H groups in total. The summed E-state index contributed by atoms with van der Waals surface area (Å²) in [5, 5.41) is 9.76. The molecule has 0 aromatic heterocycles. The molecule has 0 aliphatic carbocycles. The van der Waals surface area contributed by atoms with E-state index in [0.717, 1.165) is 0 Å². The van der Waals surface area contributed by atoms with Crippen LogP contribution in [0.3, 0.4) is 0 Å². The fourth-order valence-corrected chi connectivity index (χ4v) is 5.37. The Balaban J connectivity index is 3.39. The maximum Gasteiger partial charge on any atom is 0.192 e. The van der Waals surface area contributed by atoms with Gasteiger partial charge in [0.05, 0.1) is 6.61 Å². The zero-order valence-electron chi connectivity index (χ0n) is 21.5. The lowest BCUT2D eigenvalue weighted by molar-refractivity contribution is -0.206. The van der Waals surface area contributed by atoms with Crippen molar-refractivity contribution in [3.05, 3.63) is 0 Å². The first-order chi connectivity index (χ1) is 13.5. The van der Waals surface area contributed by atoms with E-state index in [2.05, 4.69) is 67.7 Å². The Morgan fingerprint density at radius 3 is 1.60 bits per heavy atom. The highest BCUT2D eigenvalue weighted by atomic mass is 28.4. The zero-order chi connectivity index (χ0) is 23.5. The highest BCUT2D eigenvalue weighted by molar-refractivity contribution is 6.74. The minimum atomic E-state index is -2.17. The van der Waals surface area contributed by atoms with Crippen LogP contribution in [0.2, 0.25) is 36.3 Å². The Kier molecular flexibility index (Phi) is 9.80. The molecule has 1 aliphatic rings. The normalized spacial score (nSPS) is 23.0. The maximum atomic E-state index is 9.71. The van der Waals surface area contributed by atoms with Gasteiger partial charge in [0, 0.05) is 13.2 Å². The van der Waals surface area contributed by atoms with Crippen LogP contribution in [0.1, 0.15) is 55.4 Å². The maximum absolute atomic E-state index is 9.71. The summed E-state index contributed by atoms with van der Waals surface area (Å²) in [6.07, 6.45) is -1.79. The SMILES string of the molecule is CCOC(OCC)[C@H](O[Si](C)(C)C(C)(C)C)[C@@H](O[Si](C)(C)C(C)(C)C)[C@@H]1O[C@H]1CO. The largest absolute Gasteiger partial charge is 0.408 e. The van der Waals surface area contributed by atoms with Gasteiger partial charge in [-0.25, -0.2) is 0 Å². The summed E-state index contributed by atoms with van der Waals surface area (Å²) < 4.78 is 31.7. The Bertz CT molecular complexity index is 521. The molecule has 180 valence electrons. The van der Waals surface area contributed by atoms with Gasteiger partial charge in [-0.15, -0.1) is 0 Å². The molecule has 8 heteroatoms. The minimum absolute atomic E-state index is 0.0243. The van der Waals surface area contributed by atoms with Crippen LogP contribution in [0, 0.1) is 0 Å². The molecule has 1 fully saturated rings. The van der Waals surface area contributed by atoms with Crippen molar-refractivity contribution in [1.29, 1.82) is 0 Å². The number of aliphatic hydroxyl groups is 1. The summed E-state index contributed by atoms with van der Waals surface area (Å²) in [7, 11) is -4.31. The Morgan fingerprint density at radius 1 is 0.833 bits per heavy atom. The fraction of sp³-hybridized carbons (Fsp3) is 1.00. The molecule has 0 radical (unpaired) electrons. The van der Waals surface area contributed by atoms with Crippen molar-refractivity contribution in [3.8, 4) is 0 Å². The van der Waals surface area contributed by atoms with Crippen molar-refractivity contribution in [2.45, 2.75) is 122 Å². The van der Waals surface area contributed by atoms with Crippen LogP contribution in [0.4, 0.5) is 0 Å². The molecule has 1 rings (SSSR count). The van der Waals surface area contributed by atoms with E-state index < -0.39 is 29.0 Å². The van der Waals surface area contributed by atoms with Crippen molar-refractivity contribution in [2.75, 3.05) is 19.8 Å². The summed E-state index contributed by atoms with van der Waals surface area (Å²) in [5.74, 6) is 0. The molecule has 6 nitrogen and oxygen atoms in total. The minimum Gasteiger partial charge on any atom is -0.408 e. The van der Waals surface area contributed by atoms with Crippen LogP contribution >= 0.6 is 0 Å². The molecule has 0 spiro atoms. The quantitative estimate of drug-likeness (QED) is 0.251. The van der Waals surface area contributed by atoms with E-state index in [4.69, 9.17) is 23.1 Å². The molecule has 0 unspecified atom stereocenters. The zero-order valence-corrected chi connectivity index (χ0v) is 23.5. The fourth-order valence-electron chi connectivity index (χ4n) is 2.79. The molecule has 0 aromatic rings. The topological polar surface area (TPSA) is 69.7 Å². The lowest BCUT2D eigenvalue weighted by Crippen LogP contribution is -2.58. The molecule has 1 aliphatic heterocycles. The second-order valence-corrected chi connectivity index (χ2v) is 20.8. The molecular formula is C22H48O6Si2. The summed E-state index contributed by atoms with van der Waals surface area (Å²) in [4.78, 5) is 0. The Hall–Kier alpha value is 0.194. The molecule has 1 heterocycles. The van der Waals surface area contributed by atoms with Gasteiger partial charge < -0.3 is 28.2 Å². The second-order valence-electron chi connectivity index (χ2n) is 11.3. The molecule has 30 heavy (non-hydrogen) atoms. The smallest absolute Gasteiger partial charge is 0.192 e. The van der Waals surface area contributed by atoms with Gasteiger partial charge in [-0.3, -0.25) is 0 Å². The summed E-state index contributed by atoms with van der Waals surface area (Å²) >= 11 is 0. The van der Waals surface area contributed by atoms with Crippen LogP contribution in [0.15, 0.2) is 0 Å². The number of ether oxygens (including phenoxy) is 3. The lowest BCUT2D eigenvalue weighted by Gasteiger charge is -2.46.